The number of alkyl halides is 3. The Morgan fingerprint density at radius 2 is 2.06 bits per heavy atom. The predicted octanol–water partition coefficient (Wildman–Crippen LogP) is 3.98. The molecular weight excluding hydrogens is 427 g/mol. The number of rotatable bonds is 3. The number of aromatic amines is 1. The third kappa shape index (κ3) is 2.91. The van der Waals surface area contributed by atoms with E-state index in [4.69, 9.17) is 5.26 Å². The molecule has 0 saturated carbocycles. The summed E-state index contributed by atoms with van der Waals surface area (Å²) in [4.78, 5) is 21.8. The summed E-state index contributed by atoms with van der Waals surface area (Å²) < 4.78 is 44.5. The lowest BCUT2D eigenvalue weighted by Gasteiger charge is -2.32. The van der Waals surface area contributed by atoms with Gasteiger partial charge >= 0.3 is 12.3 Å². The van der Waals surface area contributed by atoms with Gasteiger partial charge in [0.1, 0.15) is 11.8 Å². The lowest BCUT2D eigenvalue weighted by atomic mass is 9.83. The van der Waals surface area contributed by atoms with Crippen LogP contribution in [0.5, 0.6) is 0 Å². The number of aliphatic hydroxyl groups is 1. The van der Waals surface area contributed by atoms with Crippen LogP contribution in [0.15, 0.2) is 30.6 Å². The maximum Gasteiger partial charge on any atom is 0.428 e. The fraction of sp³-hybridized carbons (Fsp3) is 0.238. The van der Waals surface area contributed by atoms with Crippen molar-refractivity contribution in [1.82, 2.24) is 19.5 Å². The number of carbonyl (C=O) groups is 1. The van der Waals surface area contributed by atoms with Crippen molar-refractivity contribution in [1.29, 1.82) is 5.26 Å². The summed E-state index contributed by atoms with van der Waals surface area (Å²) in [6, 6.07) is 5.66. The Morgan fingerprint density at radius 3 is 2.66 bits per heavy atom. The number of aromatic nitrogens is 4. The van der Waals surface area contributed by atoms with Crippen LogP contribution in [-0.4, -0.2) is 42.0 Å². The van der Waals surface area contributed by atoms with Gasteiger partial charge in [0, 0.05) is 23.2 Å². The van der Waals surface area contributed by atoms with Gasteiger partial charge in [0.05, 0.1) is 22.7 Å². The van der Waals surface area contributed by atoms with Crippen molar-refractivity contribution >= 4 is 28.0 Å². The number of pyridine rings is 1. The molecule has 0 saturated heterocycles. The van der Waals surface area contributed by atoms with Crippen molar-refractivity contribution in [2.45, 2.75) is 32.0 Å². The van der Waals surface area contributed by atoms with Crippen LogP contribution in [-0.2, 0) is 12.0 Å². The maximum atomic E-state index is 14.6. The zero-order chi connectivity index (χ0) is 23.4. The van der Waals surface area contributed by atoms with Gasteiger partial charge in [0.25, 0.3) is 0 Å². The second-order valence-corrected chi connectivity index (χ2v) is 7.30. The molecule has 3 heterocycles. The van der Waals surface area contributed by atoms with E-state index in [0.717, 1.165) is 17.0 Å². The molecular formula is C21H16F3N5O3. The van der Waals surface area contributed by atoms with E-state index in [2.05, 4.69) is 15.0 Å². The number of H-pyrrole nitrogens is 1. The monoisotopic (exact) mass is 443 g/mol. The van der Waals surface area contributed by atoms with E-state index in [1.165, 1.54) is 18.2 Å². The van der Waals surface area contributed by atoms with E-state index in [1.54, 1.807) is 19.9 Å². The molecule has 0 aliphatic heterocycles. The van der Waals surface area contributed by atoms with Gasteiger partial charge in [-0.1, -0.05) is 13.0 Å². The van der Waals surface area contributed by atoms with Crippen molar-refractivity contribution in [3.63, 3.8) is 0 Å². The van der Waals surface area contributed by atoms with Crippen LogP contribution in [0.25, 0.3) is 21.9 Å². The predicted molar refractivity (Wildman–Crippen MR) is 107 cm³/mol. The number of fused-ring (bicyclic) bond motifs is 2. The Hall–Kier alpha value is -3.91. The SMILES string of the molecule is CCc1cc(C)c2c(ccn2C(=O)O)c1C(O)(c1nc2cc(C#N)ncc2[nH]1)C(F)(F)F. The zero-order valence-corrected chi connectivity index (χ0v) is 16.8. The van der Waals surface area contributed by atoms with Gasteiger partial charge in [-0.3, -0.25) is 4.57 Å². The Labute approximate surface area is 178 Å². The van der Waals surface area contributed by atoms with Crippen molar-refractivity contribution in [2.24, 2.45) is 0 Å². The number of halogens is 3. The highest BCUT2D eigenvalue weighted by molar-refractivity contribution is 5.95. The first-order chi connectivity index (χ1) is 15.0. The summed E-state index contributed by atoms with van der Waals surface area (Å²) in [5.74, 6) is -0.806. The number of benzene rings is 1. The molecule has 0 fully saturated rings. The molecule has 1 unspecified atom stereocenters. The fourth-order valence-corrected chi connectivity index (χ4v) is 4.01. The fourth-order valence-electron chi connectivity index (χ4n) is 4.01. The van der Waals surface area contributed by atoms with Gasteiger partial charge in [-0.05, 0) is 30.5 Å². The molecule has 4 aromatic rings. The van der Waals surface area contributed by atoms with Crippen molar-refractivity contribution < 1.29 is 28.2 Å². The Morgan fingerprint density at radius 1 is 1.34 bits per heavy atom. The minimum absolute atomic E-state index is 0.0266. The number of nitrogens with zero attached hydrogens (tertiary/aromatic N) is 4. The highest BCUT2D eigenvalue weighted by Crippen LogP contribution is 2.48. The molecule has 0 bridgehead atoms. The number of hydrogen-bond acceptors (Lipinski definition) is 5. The third-order valence-electron chi connectivity index (χ3n) is 5.42. The Balaban J connectivity index is 2.13. The first kappa shape index (κ1) is 21.3. The molecule has 11 heteroatoms. The van der Waals surface area contributed by atoms with Crippen LogP contribution in [0.3, 0.4) is 0 Å². The molecule has 0 aliphatic carbocycles. The molecule has 0 radical (unpaired) electrons. The van der Waals surface area contributed by atoms with Crippen molar-refractivity contribution in [3.8, 4) is 6.07 Å². The van der Waals surface area contributed by atoms with Crippen molar-refractivity contribution in [2.75, 3.05) is 0 Å². The molecule has 164 valence electrons. The average molecular weight is 443 g/mol. The van der Waals surface area contributed by atoms with E-state index in [-0.39, 0.29) is 39.6 Å². The summed E-state index contributed by atoms with van der Waals surface area (Å²) in [5.41, 5.74) is -3.32. The average Bonchev–Trinajstić information content (AvgIpc) is 3.36. The standard InChI is InChI=1S/C21H16F3N5O3/c1-3-11-6-10(2)17-13(4-5-29(17)19(30)31)16(11)20(32,21(22,23)24)18-27-14-7-12(8-25)26-9-15(14)28-18/h4-7,9,32H,3H2,1-2H3,(H,27,28)(H,30,31). The number of hydrogen-bond donors (Lipinski definition) is 3. The zero-order valence-electron chi connectivity index (χ0n) is 16.8. The van der Waals surface area contributed by atoms with Gasteiger partial charge < -0.3 is 15.2 Å². The molecule has 0 spiro atoms. The quantitative estimate of drug-likeness (QED) is 0.439. The first-order valence-corrected chi connectivity index (χ1v) is 9.45. The summed E-state index contributed by atoms with van der Waals surface area (Å²) >= 11 is 0. The molecule has 3 aromatic heterocycles. The summed E-state index contributed by atoms with van der Waals surface area (Å²) in [7, 11) is 0. The summed E-state index contributed by atoms with van der Waals surface area (Å²) in [6.07, 6.45) is -4.14. The Kier molecular flexibility index (Phi) is 4.71. The van der Waals surface area contributed by atoms with E-state index in [9.17, 15) is 28.2 Å². The topological polar surface area (TPSA) is 128 Å². The highest BCUT2D eigenvalue weighted by atomic mass is 19.4. The Bertz CT molecular complexity index is 1430. The maximum absolute atomic E-state index is 14.6. The largest absolute Gasteiger partial charge is 0.464 e. The van der Waals surface area contributed by atoms with Crippen LogP contribution >= 0.6 is 0 Å². The normalized spacial score (nSPS) is 13.9. The van der Waals surface area contributed by atoms with E-state index in [1.807, 2.05) is 0 Å². The number of imidazole rings is 1. The van der Waals surface area contributed by atoms with Crippen LogP contribution in [0.1, 0.15) is 35.1 Å². The molecule has 4 rings (SSSR count). The number of nitriles is 1. The molecule has 1 atom stereocenters. The van der Waals surface area contributed by atoms with Gasteiger partial charge in [0.2, 0.25) is 5.60 Å². The molecule has 3 N–H and O–H groups in total. The smallest absolute Gasteiger partial charge is 0.428 e. The molecule has 8 nitrogen and oxygen atoms in total. The first-order valence-electron chi connectivity index (χ1n) is 9.45. The van der Waals surface area contributed by atoms with Gasteiger partial charge in [-0.25, -0.2) is 14.8 Å². The van der Waals surface area contributed by atoms with Gasteiger partial charge in [0.15, 0.2) is 5.82 Å². The van der Waals surface area contributed by atoms with Gasteiger partial charge in [-0.2, -0.15) is 18.4 Å². The second kappa shape index (κ2) is 7.06. The lowest BCUT2D eigenvalue weighted by Crippen LogP contribution is -2.45. The summed E-state index contributed by atoms with van der Waals surface area (Å²) in [5, 5.41) is 29.7. The van der Waals surface area contributed by atoms with Crippen molar-refractivity contribution in [3.05, 3.63) is 58.8 Å². The second-order valence-electron chi connectivity index (χ2n) is 7.30. The van der Waals surface area contributed by atoms with E-state index in [0.29, 0.717) is 5.56 Å². The van der Waals surface area contributed by atoms with Crippen LogP contribution in [0.4, 0.5) is 18.0 Å². The van der Waals surface area contributed by atoms with Gasteiger partial charge in [-0.15, -0.1) is 0 Å². The molecule has 1 aromatic carbocycles. The van der Waals surface area contributed by atoms with E-state index < -0.39 is 29.3 Å². The minimum Gasteiger partial charge on any atom is -0.464 e. The summed E-state index contributed by atoms with van der Waals surface area (Å²) in [6.45, 7) is 3.23. The van der Waals surface area contributed by atoms with Crippen LogP contribution < -0.4 is 0 Å². The van der Waals surface area contributed by atoms with Crippen LogP contribution in [0, 0.1) is 18.3 Å². The molecule has 0 aliphatic rings. The molecule has 32 heavy (non-hydrogen) atoms. The van der Waals surface area contributed by atoms with Crippen LogP contribution in [0.2, 0.25) is 0 Å². The number of aryl methyl sites for hydroxylation is 2. The third-order valence-corrected chi connectivity index (χ3v) is 5.42. The molecule has 0 amide bonds. The lowest BCUT2D eigenvalue weighted by molar-refractivity contribution is -0.250. The minimum atomic E-state index is -5.22. The van der Waals surface area contributed by atoms with E-state index >= 15 is 0 Å². The highest BCUT2D eigenvalue weighted by Gasteiger charge is 2.60. The number of nitrogens with one attached hydrogen (secondary N) is 1. The number of carboxylic acid groups (broad SMARTS) is 1.